The van der Waals surface area contributed by atoms with Crippen molar-refractivity contribution in [1.29, 1.82) is 0 Å². The van der Waals surface area contributed by atoms with E-state index < -0.39 is 18.1 Å². The lowest BCUT2D eigenvalue weighted by Crippen LogP contribution is -2.53. The van der Waals surface area contributed by atoms with Gasteiger partial charge in [0.15, 0.2) is 6.29 Å². The molecule has 2 unspecified atom stereocenters. The molecular formula is C18H28N6O3. The second-order valence-corrected chi connectivity index (χ2v) is 7.22. The SMILES string of the molecule is CCC1CC(=O)NC(n2nc(C)cc2NC(=O)C(=O)N2CCCCCC2)N1. The number of carbonyl (C=O) groups is 3. The molecule has 1 aromatic rings. The van der Waals surface area contributed by atoms with Gasteiger partial charge in [0.1, 0.15) is 5.82 Å². The Hall–Kier alpha value is -2.42. The van der Waals surface area contributed by atoms with Gasteiger partial charge >= 0.3 is 11.8 Å². The molecule has 9 nitrogen and oxygen atoms in total. The van der Waals surface area contributed by atoms with E-state index in [1.54, 1.807) is 17.9 Å². The fourth-order valence-corrected chi connectivity index (χ4v) is 3.55. The molecule has 0 aromatic carbocycles. The van der Waals surface area contributed by atoms with Crippen molar-refractivity contribution in [2.24, 2.45) is 0 Å². The summed E-state index contributed by atoms with van der Waals surface area (Å²) in [5.41, 5.74) is 0.683. The summed E-state index contributed by atoms with van der Waals surface area (Å²) >= 11 is 0. The lowest BCUT2D eigenvalue weighted by atomic mass is 10.1. The summed E-state index contributed by atoms with van der Waals surface area (Å²) < 4.78 is 1.52. The number of likely N-dealkylation sites (tertiary alicyclic amines) is 1. The molecule has 2 aliphatic rings. The first-order valence-corrected chi connectivity index (χ1v) is 9.69. The molecule has 2 fully saturated rings. The summed E-state index contributed by atoms with van der Waals surface area (Å²) in [5, 5.41) is 13.2. The Morgan fingerprint density at radius 3 is 2.63 bits per heavy atom. The standard InChI is InChI=1S/C18H28N6O3/c1-3-13-11-15(25)21-18(19-13)24-14(10-12(2)22-24)20-16(26)17(27)23-8-6-4-5-7-9-23/h10,13,18-19H,3-9,11H2,1-2H3,(H,20,26)(H,21,25). The van der Waals surface area contributed by atoms with E-state index >= 15 is 0 Å². The van der Waals surface area contributed by atoms with Crippen molar-refractivity contribution >= 4 is 23.5 Å². The van der Waals surface area contributed by atoms with Crippen LogP contribution in [0, 0.1) is 6.92 Å². The maximum atomic E-state index is 12.5. The van der Waals surface area contributed by atoms with Crippen LogP contribution in [0.15, 0.2) is 6.07 Å². The van der Waals surface area contributed by atoms with Crippen LogP contribution in [0.3, 0.4) is 0 Å². The van der Waals surface area contributed by atoms with Gasteiger partial charge in [0.25, 0.3) is 0 Å². The predicted molar refractivity (Wildman–Crippen MR) is 99.7 cm³/mol. The lowest BCUT2D eigenvalue weighted by molar-refractivity contribution is -0.143. The van der Waals surface area contributed by atoms with Crippen molar-refractivity contribution in [3.8, 4) is 0 Å². The third kappa shape index (κ3) is 4.65. The molecule has 3 N–H and O–H groups in total. The Balaban J connectivity index is 1.72. The van der Waals surface area contributed by atoms with Gasteiger partial charge in [0, 0.05) is 31.6 Å². The van der Waals surface area contributed by atoms with Crippen molar-refractivity contribution in [1.82, 2.24) is 25.3 Å². The first kappa shape index (κ1) is 19.3. The minimum atomic E-state index is -0.674. The third-order valence-electron chi connectivity index (χ3n) is 5.05. The van der Waals surface area contributed by atoms with E-state index in [1.807, 2.05) is 6.92 Å². The molecule has 2 atom stereocenters. The summed E-state index contributed by atoms with van der Waals surface area (Å²) in [5.74, 6) is -0.881. The van der Waals surface area contributed by atoms with Crippen LogP contribution in [0.1, 0.15) is 57.4 Å². The van der Waals surface area contributed by atoms with Crippen LogP contribution in [0.4, 0.5) is 5.82 Å². The highest BCUT2D eigenvalue weighted by Crippen LogP contribution is 2.18. The van der Waals surface area contributed by atoms with E-state index in [1.165, 1.54) is 4.68 Å². The highest BCUT2D eigenvalue weighted by Gasteiger charge is 2.29. The van der Waals surface area contributed by atoms with E-state index in [4.69, 9.17) is 0 Å². The molecular weight excluding hydrogens is 348 g/mol. The van der Waals surface area contributed by atoms with Crippen molar-refractivity contribution in [2.75, 3.05) is 18.4 Å². The summed E-state index contributed by atoms with van der Waals surface area (Å²) in [7, 11) is 0. The summed E-state index contributed by atoms with van der Waals surface area (Å²) in [4.78, 5) is 38.6. The van der Waals surface area contributed by atoms with Crippen LogP contribution in [-0.2, 0) is 14.4 Å². The molecule has 2 saturated heterocycles. The van der Waals surface area contributed by atoms with Gasteiger partial charge in [-0.1, -0.05) is 19.8 Å². The van der Waals surface area contributed by atoms with Gasteiger partial charge in [-0.3, -0.25) is 19.7 Å². The second kappa shape index (κ2) is 8.51. The molecule has 3 heterocycles. The molecule has 9 heteroatoms. The summed E-state index contributed by atoms with van der Waals surface area (Å²) in [6, 6.07) is 1.73. The Kier molecular flexibility index (Phi) is 6.10. The topological polar surface area (TPSA) is 108 Å². The molecule has 2 aliphatic heterocycles. The number of carbonyl (C=O) groups excluding carboxylic acids is 3. The minimum absolute atomic E-state index is 0.0375. The molecule has 1 aromatic heterocycles. The van der Waals surface area contributed by atoms with Crippen molar-refractivity contribution in [3.63, 3.8) is 0 Å². The van der Waals surface area contributed by atoms with Gasteiger partial charge in [-0.05, 0) is 26.2 Å². The Morgan fingerprint density at radius 2 is 1.96 bits per heavy atom. The van der Waals surface area contributed by atoms with Gasteiger partial charge < -0.3 is 15.5 Å². The van der Waals surface area contributed by atoms with E-state index in [0.29, 0.717) is 31.0 Å². The van der Waals surface area contributed by atoms with Crippen LogP contribution < -0.4 is 16.0 Å². The van der Waals surface area contributed by atoms with Gasteiger partial charge in [0.05, 0.1) is 5.69 Å². The van der Waals surface area contributed by atoms with Crippen LogP contribution in [-0.4, -0.2) is 51.5 Å². The average molecular weight is 376 g/mol. The molecule has 0 bridgehead atoms. The number of nitrogens with one attached hydrogen (secondary N) is 3. The fraction of sp³-hybridized carbons (Fsp3) is 0.667. The average Bonchev–Trinajstić information content (AvgIpc) is 2.85. The highest BCUT2D eigenvalue weighted by molar-refractivity contribution is 6.39. The van der Waals surface area contributed by atoms with Crippen LogP contribution in [0.2, 0.25) is 0 Å². The maximum absolute atomic E-state index is 12.5. The highest BCUT2D eigenvalue weighted by atomic mass is 16.2. The van der Waals surface area contributed by atoms with Crippen LogP contribution >= 0.6 is 0 Å². The number of nitrogens with zero attached hydrogens (tertiary/aromatic N) is 3. The molecule has 27 heavy (non-hydrogen) atoms. The van der Waals surface area contributed by atoms with Gasteiger partial charge in [0.2, 0.25) is 5.91 Å². The third-order valence-corrected chi connectivity index (χ3v) is 5.05. The van der Waals surface area contributed by atoms with Crippen LogP contribution in [0.5, 0.6) is 0 Å². The van der Waals surface area contributed by atoms with Crippen LogP contribution in [0.25, 0.3) is 0 Å². The molecule has 148 valence electrons. The number of hydrogen-bond acceptors (Lipinski definition) is 5. The van der Waals surface area contributed by atoms with Crippen molar-refractivity contribution in [2.45, 2.75) is 64.7 Å². The van der Waals surface area contributed by atoms with E-state index in [0.717, 1.165) is 32.1 Å². The number of hydrogen-bond donors (Lipinski definition) is 3. The van der Waals surface area contributed by atoms with Gasteiger partial charge in [-0.2, -0.15) is 5.10 Å². The van der Waals surface area contributed by atoms with E-state index in [9.17, 15) is 14.4 Å². The largest absolute Gasteiger partial charge is 0.334 e. The number of rotatable bonds is 3. The van der Waals surface area contributed by atoms with Crippen molar-refractivity contribution in [3.05, 3.63) is 11.8 Å². The monoisotopic (exact) mass is 376 g/mol. The second-order valence-electron chi connectivity index (χ2n) is 7.22. The maximum Gasteiger partial charge on any atom is 0.315 e. The first-order chi connectivity index (χ1) is 13.0. The molecule has 0 radical (unpaired) electrons. The zero-order valence-corrected chi connectivity index (χ0v) is 16.0. The molecule has 0 saturated carbocycles. The van der Waals surface area contributed by atoms with Gasteiger partial charge in [-0.15, -0.1) is 0 Å². The first-order valence-electron chi connectivity index (χ1n) is 9.69. The summed E-state index contributed by atoms with van der Waals surface area (Å²) in [6.07, 6.45) is 4.67. The Labute approximate surface area is 158 Å². The summed E-state index contributed by atoms with van der Waals surface area (Å²) in [6.45, 7) is 5.03. The van der Waals surface area contributed by atoms with E-state index in [2.05, 4.69) is 21.0 Å². The van der Waals surface area contributed by atoms with Gasteiger partial charge in [-0.25, -0.2) is 4.68 Å². The number of aromatic nitrogens is 2. The number of amides is 3. The molecule has 3 rings (SSSR count). The molecule has 0 spiro atoms. The minimum Gasteiger partial charge on any atom is -0.334 e. The normalized spacial score (nSPS) is 23.5. The quantitative estimate of drug-likeness (QED) is 0.679. The molecule has 0 aliphatic carbocycles. The number of aryl methyl sites for hydroxylation is 1. The molecule has 3 amide bonds. The smallest absolute Gasteiger partial charge is 0.315 e. The Morgan fingerprint density at radius 1 is 1.26 bits per heavy atom. The number of anilines is 1. The lowest BCUT2D eigenvalue weighted by Gasteiger charge is -2.31. The zero-order valence-electron chi connectivity index (χ0n) is 16.0. The predicted octanol–water partition coefficient (Wildman–Crippen LogP) is 0.877. The fourth-order valence-electron chi connectivity index (χ4n) is 3.55. The van der Waals surface area contributed by atoms with E-state index in [-0.39, 0.29) is 11.9 Å². The van der Waals surface area contributed by atoms with Crippen molar-refractivity contribution < 1.29 is 14.4 Å². The zero-order chi connectivity index (χ0) is 19.4. The Bertz CT molecular complexity index is 708.